The van der Waals surface area contributed by atoms with Crippen LogP contribution in [0.1, 0.15) is 6.92 Å². The smallest absolute Gasteiger partial charge is 0.304 e. The van der Waals surface area contributed by atoms with Crippen LogP contribution in [0.4, 0.5) is 5.69 Å². The number of carbonyl (C=O) groups excluding carboxylic acids is 2. The van der Waals surface area contributed by atoms with Gasteiger partial charge in [0, 0.05) is 11.8 Å². The highest BCUT2D eigenvalue weighted by molar-refractivity contribution is 8.00. The number of ether oxygens (including phenoxy) is 1. The van der Waals surface area contributed by atoms with Crippen molar-refractivity contribution in [2.45, 2.75) is 17.3 Å². The van der Waals surface area contributed by atoms with Crippen LogP contribution >= 0.6 is 11.8 Å². The fourth-order valence-corrected chi connectivity index (χ4v) is 2.24. The molecule has 2 rings (SSSR count). The second-order valence-corrected chi connectivity index (χ2v) is 4.15. The van der Waals surface area contributed by atoms with E-state index in [9.17, 15) is 9.59 Å². The maximum atomic E-state index is 11.5. The van der Waals surface area contributed by atoms with E-state index in [0.717, 1.165) is 10.6 Å². The van der Waals surface area contributed by atoms with Crippen molar-refractivity contribution in [1.82, 2.24) is 0 Å². The van der Waals surface area contributed by atoms with E-state index < -0.39 is 11.4 Å². The summed E-state index contributed by atoms with van der Waals surface area (Å²) in [4.78, 5) is 23.1. The van der Waals surface area contributed by atoms with Crippen LogP contribution in [0, 0.1) is 0 Å². The van der Waals surface area contributed by atoms with E-state index in [-0.39, 0.29) is 5.91 Å². The Balaban J connectivity index is 2.22. The molecule has 0 aromatic heterocycles. The van der Waals surface area contributed by atoms with Crippen LogP contribution in [-0.2, 0) is 14.3 Å². The van der Waals surface area contributed by atoms with Crippen LogP contribution in [0.3, 0.4) is 0 Å². The number of amides is 1. The van der Waals surface area contributed by atoms with Crippen molar-refractivity contribution >= 4 is 29.3 Å². The van der Waals surface area contributed by atoms with Gasteiger partial charge in [-0.25, -0.2) is 0 Å². The Labute approximate surface area is 91.0 Å². The van der Waals surface area contributed by atoms with Crippen LogP contribution < -0.4 is 5.32 Å². The number of rotatable bonds is 1. The molecule has 4 nitrogen and oxygen atoms in total. The van der Waals surface area contributed by atoms with E-state index in [4.69, 9.17) is 4.74 Å². The van der Waals surface area contributed by atoms with Gasteiger partial charge in [0.15, 0.2) is 0 Å². The number of benzene rings is 1. The average Bonchev–Trinajstić information content (AvgIpc) is 2.18. The predicted molar refractivity (Wildman–Crippen MR) is 56.5 cm³/mol. The standard InChI is InChI=1S/C10H9NO3S/c1-6(12)14-10-9(13)11-7-4-2-3-5-8(7)15-10/h2-5,10H,1H3,(H,11,13). The molecule has 0 fully saturated rings. The first-order valence-corrected chi connectivity index (χ1v) is 5.28. The molecule has 0 spiro atoms. The van der Waals surface area contributed by atoms with Gasteiger partial charge in [-0.1, -0.05) is 23.9 Å². The topological polar surface area (TPSA) is 55.4 Å². The van der Waals surface area contributed by atoms with Gasteiger partial charge in [0.2, 0.25) is 5.44 Å². The van der Waals surface area contributed by atoms with Crippen molar-refractivity contribution in [3.8, 4) is 0 Å². The first kappa shape index (κ1) is 10.0. The second kappa shape index (κ2) is 3.94. The van der Waals surface area contributed by atoms with E-state index >= 15 is 0 Å². The molecule has 1 aromatic carbocycles. The van der Waals surface area contributed by atoms with Crippen molar-refractivity contribution in [3.05, 3.63) is 24.3 Å². The Morgan fingerprint density at radius 3 is 2.93 bits per heavy atom. The number of fused-ring (bicyclic) bond motifs is 1. The van der Waals surface area contributed by atoms with Crippen molar-refractivity contribution in [2.75, 3.05) is 5.32 Å². The van der Waals surface area contributed by atoms with Gasteiger partial charge in [-0.15, -0.1) is 0 Å². The quantitative estimate of drug-likeness (QED) is 0.735. The van der Waals surface area contributed by atoms with Crippen LogP contribution in [0.2, 0.25) is 0 Å². The summed E-state index contributed by atoms with van der Waals surface area (Å²) >= 11 is 1.24. The first-order chi connectivity index (χ1) is 7.16. The second-order valence-electron chi connectivity index (χ2n) is 3.04. The highest BCUT2D eigenvalue weighted by Crippen LogP contribution is 2.35. The molecule has 1 aliphatic rings. The van der Waals surface area contributed by atoms with Gasteiger partial charge in [-0.05, 0) is 12.1 Å². The van der Waals surface area contributed by atoms with E-state index in [1.807, 2.05) is 24.3 Å². The molecule has 1 heterocycles. The summed E-state index contributed by atoms with van der Waals surface area (Å²) in [6, 6.07) is 7.39. The van der Waals surface area contributed by atoms with E-state index in [1.165, 1.54) is 18.7 Å². The third-order valence-corrected chi connectivity index (χ3v) is 3.00. The number of hydrogen-bond acceptors (Lipinski definition) is 4. The number of thioether (sulfide) groups is 1. The number of nitrogens with one attached hydrogen (secondary N) is 1. The zero-order valence-corrected chi connectivity index (χ0v) is 8.84. The Bertz CT molecular complexity index is 419. The van der Waals surface area contributed by atoms with Crippen molar-refractivity contribution in [1.29, 1.82) is 0 Å². The number of carbonyl (C=O) groups is 2. The Morgan fingerprint density at radius 1 is 1.47 bits per heavy atom. The molecule has 0 saturated heterocycles. The Kier molecular flexibility index (Phi) is 2.64. The molecule has 5 heteroatoms. The van der Waals surface area contributed by atoms with Gasteiger partial charge in [0.05, 0.1) is 5.69 Å². The van der Waals surface area contributed by atoms with Gasteiger partial charge in [-0.3, -0.25) is 9.59 Å². The molecule has 1 aromatic rings. The highest BCUT2D eigenvalue weighted by Gasteiger charge is 2.28. The number of anilines is 1. The zero-order chi connectivity index (χ0) is 10.8. The fourth-order valence-electron chi connectivity index (χ4n) is 1.26. The summed E-state index contributed by atoms with van der Waals surface area (Å²) in [6.07, 6.45) is 0. The molecule has 0 aliphatic carbocycles. The molecule has 78 valence electrons. The van der Waals surface area contributed by atoms with Crippen LogP contribution in [-0.4, -0.2) is 17.3 Å². The molecule has 0 bridgehead atoms. The molecule has 1 atom stereocenters. The molecule has 0 radical (unpaired) electrons. The SMILES string of the molecule is CC(=O)OC1Sc2ccccc2NC1=O. The predicted octanol–water partition coefficient (Wildman–Crippen LogP) is 1.62. The fraction of sp³-hybridized carbons (Fsp3) is 0.200. The van der Waals surface area contributed by atoms with E-state index in [0.29, 0.717) is 0 Å². The summed E-state index contributed by atoms with van der Waals surface area (Å²) in [5, 5.41) is 2.68. The summed E-state index contributed by atoms with van der Waals surface area (Å²) < 4.78 is 4.87. The van der Waals surface area contributed by atoms with Crippen LogP contribution in [0.25, 0.3) is 0 Å². The van der Waals surface area contributed by atoms with Gasteiger partial charge >= 0.3 is 5.97 Å². The van der Waals surface area contributed by atoms with Gasteiger partial charge in [-0.2, -0.15) is 0 Å². The van der Waals surface area contributed by atoms with Gasteiger partial charge in [0.1, 0.15) is 0 Å². The number of esters is 1. The minimum Gasteiger partial charge on any atom is -0.441 e. The third-order valence-electron chi connectivity index (χ3n) is 1.87. The maximum Gasteiger partial charge on any atom is 0.304 e. The molecular weight excluding hydrogens is 214 g/mol. The lowest BCUT2D eigenvalue weighted by Crippen LogP contribution is -2.32. The van der Waals surface area contributed by atoms with Crippen LogP contribution in [0.5, 0.6) is 0 Å². The molecular formula is C10H9NO3S. The normalized spacial score (nSPS) is 19.0. The lowest BCUT2D eigenvalue weighted by Gasteiger charge is -2.23. The molecule has 1 unspecified atom stereocenters. The van der Waals surface area contributed by atoms with Crippen molar-refractivity contribution in [2.24, 2.45) is 0 Å². The minimum atomic E-state index is -0.780. The molecule has 1 aliphatic heterocycles. The van der Waals surface area contributed by atoms with E-state index in [1.54, 1.807) is 0 Å². The maximum absolute atomic E-state index is 11.5. The van der Waals surface area contributed by atoms with Crippen LogP contribution in [0.15, 0.2) is 29.2 Å². The highest BCUT2D eigenvalue weighted by atomic mass is 32.2. The molecule has 0 saturated carbocycles. The first-order valence-electron chi connectivity index (χ1n) is 4.40. The van der Waals surface area contributed by atoms with Gasteiger partial charge < -0.3 is 10.1 Å². The average molecular weight is 223 g/mol. The zero-order valence-electron chi connectivity index (χ0n) is 8.02. The Morgan fingerprint density at radius 2 is 2.20 bits per heavy atom. The third kappa shape index (κ3) is 2.12. The minimum absolute atomic E-state index is 0.297. The number of para-hydroxylation sites is 1. The number of hydrogen-bond donors (Lipinski definition) is 1. The lowest BCUT2D eigenvalue weighted by atomic mass is 10.3. The van der Waals surface area contributed by atoms with Crippen molar-refractivity contribution < 1.29 is 14.3 Å². The summed E-state index contributed by atoms with van der Waals surface area (Å²) in [5.74, 6) is -0.754. The van der Waals surface area contributed by atoms with Gasteiger partial charge in [0.25, 0.3) is 5.91 Å². The lowest BCUT2D eigenvalue weighted by molar-refractivity contribution is -0.147. The molecule has 1 N–H and O–H groups in total. The monoisotopic (exact) mass is 223 g/mol. The molecule has 1 amide bonds. The Hall–Kier alpha value is -1.49. The summed E-state index contributed by atoms with van der Waals surface area (Å²) in [5.41, 5.74) is -0.0201. The largest absolute Gasteiger partial charge is 0.441 e. The summed E-state index contributed by atoms with van der Waals surface area (Å²) in [6.45, 7) is 1.29. The van der Waals surface area contributed by atoms with E-state index in [2.05, 4.69) is 5.32 Å². The summed E-state index contributed by atoms with van der Waals surface area (Å²) in [7, 11) is 0. The van der Waals surface area contributed by atoms with Crippen molar-refractivity contribution in [3.63, 3.8) is 0 Å². The molecule has 15 heavy (non-hydrogen) atoms.